The molecule has 216 valence electrons. The van der Waals surface area contributed by atoms with Crippen LogP contribution in [0.4, 0.5) is 0 Å². The number of carbonyl (C=O) groups is 1. The molecule has 0 unspecified atom stereocenters. The first kappa shape index (κ1) is 30.6. The molecule has 6 heteroatoms. The summed E-state index contributed by atoms with van der Waals surface area (Å²) in [6.45, 7) is 10.0. The third kappa shape index (κ3) is 7.91. The molecule has 0 bridgehead atoms. The Morgan fingerprint density at radius 2 is 1.44 bits per heavy atom. The number of sulfonamides is 1. The first-order chi connectivity index (χ1) is 19.3. The number of hydrogen-bond donors (Lipinski definition) is 0. The fraction of sp³-hybridized carbons (Fsp3) is 0.343. The zero-order valence-electron chi connectivity index (χ0n) is 25.3. The highest BCUT2D eigenvalue weighted by molar-refractivity contribution is 7.89. The van der Waals surface area contributed by atoms with Gasteiger partial charge in [0.25, 0.3) is 0 Å². The number of ketones is 1. The van der Waals surface area contributed by atoms with Crippen LogP contribution in [0.25, 0.3) is 10.8 Å². The number of likely N-dealkylation sites (N-methyl/N-ethyl adjacent to an activating group) is 1. The third-order valence-electron chi connectivity index (χ3n) is 7.67. The van der Waals surface area contributed by atoms with Crippen LogP contribution in [0.2, 0.25) is 0 Å². The van der Waals surface area contributed by atoms with Gasteiger partial charge in [-0.05, 0) is 74.6 Å². The van der Waals surface area contributed by atoms with Gasteiger partial charge >= 0.3 is 0 Å². The summed E-state index contributed by atoms with van der Waals surface area (Å²) in [7, 11) is 0.418. The average Bonchev–Trinajstić information content (AvgIpc) is 2.89. The molecule has 4 aromatic carbocycles. The van der Waals surface area contributed by atoms with E-state index < -0.39 is 10.0 Å². The number of quaternary nitrogens is 1. The normalized spacial score (nSPS) is 12.3. The van der Waals surface area contributed by atoms with E-state index in [-0.39, 0.29) is 5.78 Å². The number of hydrogen-bond acceptors (Lipinski definition) is 3. The van der Waals surface area contributed by atoms with Crippen LogP contribution in [-0.2, 0) is 16.6 Å². The first-order valence-corrected chi connectivity index (χ1v) is 15.8. The van der Waals surface area contributed by atoms with E-state index in [1.807, 2.05) is 76.2 Å². The number of unbranched alkanes of at least 4 members (excludes halogenated alkanes) is 1. The van der Waals surface area contributed by atoms with Gasteiger partial charge in [0, 0.05) is 18.7 Å². The maximum absolute atomic E-state index is 14.0. The Kier molecular flexibility index (Phi) is 9.48. The monoisotopic (exact) mass is 571 g/mol. The van der Waals surface area contributed by atoms with Crippen molar-refractivity contribution in [3.63, 3.8) is 0 Å². The lowest BCUT2D eigenvalue weighted by Gasteiger charge is -2.30. The quantitative estimate of drug-likeness (QED) is 0.104. The molecule has 4 rings (SSSR count). The minimum atomic E-state index is -3.72. The second kappa shape index (κ2) is 12.7. The van der Waals surface area contributed by atoms with Crippen molar-refractivity contribution in [1.82, 2.24) is 4.31 Å². The van der Waals surface area contributed by atoms with Crippen molar-refractivity contribution in [3.8, 4) is 0 Å². The van der Waals surface area contributed by atoms with E-state index in [9.17, 15) is 13.2 Å². The topological polar surface area (TPSA) is 54.5 Å². The van der Waals surface area contributed by atoms with Gasteiger partial charge in [0.2, 0.25) is 15.8 Å². The molecule has 0 saturated heterocycles. The maximum atomic E-state index is 14.0. The van der Waals surface area contributed by atoms with Crippen molar-refractivity contribution in [2.45, 2.75) is 52.0 Å². The van der Waals surface area contributed by atoms with Crippen molar-refractivity contribution >= 4 is 26.6 Å². The number of aryl methyl sites for hydroxylation is 4. The molecular weight excluding hydrogens is 528 g/mol. The smallest absolute Gasteiger partial charge is 0.243 e. The van der Waals surface area contributed by atoms with Crippen LogP contribution in [0.1, 0.15) is 51.0 Å². The van der Waals surface area contributed by atoms with Crippen molar-refractivity contribution in [3.05, 3.63) is 112 Å². The predicted molar refractivity (Wildman–Crippen MR) is 169 cm³/mol. The fourth-order valence-corrected chi connectivity index (χ4v) is 7.14. The van der Waals surface area contributed by atoms with E-state index in [0.717, 1.165) is 57.1 Å². The second-order valence-corrected chi connectivity index (χ2v) is 14.0. The molecule has 0 radical (unpaired) electrons. The SMILES string of the molecule is Cc1cc(C)cc(CN(CCCC[N+](C)(C)CC(=O)c2ccc(C)cc2C)S(=O)(=O)c2ccc3ccccc3c2)c1. The van der Waals surface area contributed by atoms with Crippen LogP contribution in [-0.4, -0.2) is 56.7 Å². The van der Waals surface area contributed by atoms with Crippen LogP contribution in [0.15, 0.2) is 83.8 Å². The highest BCUT2D eigenvalue weighted by Gasteiger charge is 2.26. The maximum Gasteiger partial charge on any atom is 0.243 e. The van der Waals surface area contributed by atoms with Gasteiger partial charge in [-0.2, -0.15) is 4.31 Å². The zero-order valence-corrected chi connectivity index (χ0v) is 26.1. The van der Waals surface area contributed by atoms with Gasteiger partial charge < -0.3 is 4.48 Å². The Balaban J connectivity index is 1.48. The molecule has 0 heterocycles. The Hall–Kier alpha value is -3.32. The Labute approximate surface area is 246 Å². The summed E-state index contributed by atoms with van der Waals surface area (Å²) in [6.07, 6.45) is 1.51. The van der Waals surface area contributed by atoms with Crippen molar-refractivity contribution in [1.29, 1.82) is 0 Å². The number of nitrogens with zero attached hydrogens (tertiary/aromatic N) is 2. The zero-order chi connectivity index (χ0) is 29.8. The van der Waals surface area contributed by atoms with Gasteiger partial charge in [-0.3, -0.25) is 4.79 Å². The molecule has 0 N–H and O–H groups in total. The molecule has 0 amide bonds. The van der Waals surface area contributed by atoms with E-state index in [1.165, 1.54) is 0 Å². The molecule has 0 saturated carbocycles. The highest BCUT2D eigenvalue weighted by atomic mass is 32.2. The molecule has 5 nitrogen and oxygen atoms in total. The lowest BCUT2D eigenvalue weighted by atomic mass is 10.0. The van der Waals surface area contributed by atoms with Gasteiger partial charge in [-0.1, -0.05) is 83.4 Å². The van der Waals surface area contributed by atoms with Crippen LogP contribution in [0.3, 0.4) is 0 Å². The van der Waals surface area contributed by atoms with Crippen molar-refractivity contribution in [2.75, 3.05) is 33.7 Å². The molecule has 0 aromatic heterocycles. The average molecular weight is 572 g/mol. The third-order valence-corrected chi connectivity index (χ3v) is 9.52. The first-order valence-electron chi connectivity index (χ1n) is 14.3. The van der Waals surface area contributed by atoms with E-state index in [1.54, 1.807) is 16.4 Å². The van der Waals surface area contributed by atoms with Gasteiger partial charge in [0.15, 0.2) is 0 Å². The summed E-state index contributed by atoms with van der Waals surface area (Å²) in [5.41, 5.74) is 6.17. The van der Waals surface area contributed by atoms with Crippen LogP contribution >= 0.6 is 0 Å². The molecule has 0 atom stereocenters. The predicted octanol–water partition coefficient (Wildman–Crippen LogP) is 7.00. The molecule has 0 spiro atoms. The molecule has 0 aliphatic carbocycles. The van der Waals surface area contributed by atoms with E-state index in [2.05, 4.69) is 32.3 Å². The number of Topliss-reactive ketones (excluding diaryl/α,β-unsaturated/α-hetero) is 1. The van der Waals surface area contributed by atoms with Crippen molar-refractivity contribution < 1.29 is 17.7 Å². The molecule has 4 aromatic rings. The lowest BCUT2D eigenvalue weighted by molar-refractivity contribution is -0.882. The molecule has 0 aliphatic heterocycles. The van der Waals surface area contributed by atoms with Gasteiger partial charge in [0.1, 0.15) is 6.54 Å². The standard InChI is InChI=1S/C35H43N2O3S/c1-26-13-16-34(29(4)20-26)35(38)25-37(5,6)18-10-9-17-36(24-30-21-27(2)19-28(3)22-30)41(39,40)33-15-14-31-11-7-8-12-32(31)23-33/h7-8,11-16,19-23H,9-10,17-18,24-25H2,1-6H3/q+1. The van der Waals surface area contributed by atoms with E-state index in [0.29, 0.717) is 35.4 Å². The minimum Gasteiger partial charge on any atom is -0.322 e. The van der Waals surface area contributed by atoms with E-state index in [4.69, 9.17) is 0 Å². The molecule has 0 aliphatic rings. The highest BCUT2D eigenvalue weighted by Crippen LogP contribution is 2.25. The Morgan fingerprint density at radius 3 is 2.12 bits per heavy atom. The fourth-order valence-electron chi connectivity index (χ4n) is 5.63. The number of rotatable bonds is 12. The summed E-state index contributed by atoms with van der Waals surface area (Å²) in [4.78, 5) is 13.4. The summed E-state index contributed by atoms with van der Waals surface area (Å²) in [5.74, 6) is 0.142. The van der Waals surface area contributed by atoms with Crippen LogP contribution < -0.4 is 0 Å². The summed E-state index contributed by atoms with van der Waals surface area (Å²) in [6, 6.07) is 25.4. The molecule has 0 fully saturated rings. The number of carbonyl (C=O) groups excluding carboxylic acids is 1. The number of fused-ring (bicyclic) bond motifs is 1. The lowest BCUT2D eigenvalue weighted by Crippen LogP contribution is -2.45. The molecular formula is C35H43N2O3S+. The minimum absolute atomic E-state index is 0.142. The van der Waals surface area contributed by atoms with Crippen molar-refractivity contribution in [2.24, 2.45) is 0 Å². The summed E-state index contributed by atoms with van der Waals surface area (Å²) >= 11 is 0. The van der Waals surface area contributed by atoms with Crippen LogP contribution in [0.5, 0.6) is 0 Å². The Morgan fingerprint density at radius 1 is 0.756 bits per heavy atom. The van der Waals surface area contributed by atoms with Crippen LogP contribution in [0, 0.1) is 27.7 Å². The molecule has 41 heavy (non-hydrogen) atoms. The summed E-state index contributed by atoms with van der Waals surface area (Å²) in [5, 5.41) is 1.93. The van der Waals surface area contributed by atoms with Gasteiger partial charge in [-0.25, -0.2) is 8.42 Å². The Bertz CT molecular complexity index is 1640. The van der Waals surface area contributed by atoms with Gasteiger partial charge in [0.05, 0.1) is 25.5 Å². The van der Waals surface area contributed by atoms with Gasteiger partial charge in [-0.15, -0.1) is 0 Å². The second-order valence-electron chi connectivity index (χ2n) is 12.1. The summed E-state index contributed by atoms with van der Waals surface area (Å²) < 4.78 is 30.1. The van der Waals surface area contributed by atoms with E-state index >= 15 is 0 Å². The number of benzene rings is 4. The largest absolute Gasteiger partial charge is 0.322 e.